The Kier molecular flexibility index (Phi) is 3.29. The lowest BCUT2D eigenvalue weighted by atomic mass is 10.1. The maximum atomic E-state index is 12.3. The van der Waals surface area contributed by atoms with Gasteiger partial charge in [-0.25, -0.2) is 4.79 Å². The van der Waals surface area contributed by atoms with Crippen molar-refractivity contribution in [2.45, 2.75) is 38.1 Å². The zero-order valence-electron chi connectivity index (χ0n) is 12.4. The standard InChI is InChI=1S/C18H19N3O/c22-18(20-15-8-12-4-1-2-5-13(12)9-15)21-17-11-19-10-14-6-3-7-16(14)17/h1-2,4-5,10-11,15H,3,6-9H2,(H2,20,21,22). The predicted molar refractivity (Wildman–Crippen MR) is 86.1 cm³/mol. The second-order valence-electron chi connectivity index (χ2n) is 6.15. The van der Waals surface area contributed by atoms with Crippen molar-refractivity contribution in [3.05, 3.63) is 58.9 Å². The van der Waals surface area contributed by atoms with Gasteiger partial charge in [0.1, 0.15) is 0 Å². The molecule has 0 aliphatic heterocycles. The van der Waals surface area contributed by atoms with E-state index in [2.05, 4.69) is 39.9 Å². The van der Waals surface area contributed by atoms with E-state index in [4.69, 9.17) is 0 Å². The summed E-state index contributed by atoms with van der Waals surface area (Å²) in [6.45, 7) is 0. The number of benzene rings is 1. The number of aryl methyl sites for hydroxylation is 1. The fourth-order valence-corrected chi connectivity index (χ4v) is 3.61. The molecule has 0 fully saturated rings. The number of rotatable bonds is 2. The molecule has 4 rings (SSSR count). The van der Waals surface area contributed by atoms with Crippen LogP contribution in [0.5, 0.6) is 0 Å². The van der Waals surface area contributed by atoms with Crippen molar-refractivity contribution >= 4 is 11.7 Å². The molecule has 0 saturated heterocycles. The Morgan fingerprint density at radius 1 is 1.05 bits per heavy atom. The number of amides is 2. The molecule has 2 N–H and O–H groups in total. The molecule has 2 amide bonds. The molecule has 2 aromatic rings. The number of nitrogens with one attached hydrogen (secondary N) is 2. The van der Waals surface area contributed by atoms with Crippen molar-refractivity contribution in [1.29, 1.82) is 0 Å². The molecule has 0 radical (unpaired) electrons. The van der Waals surface area contributed by atoms with Crippen molar-refractivity contribution in [3.8, 4) is 0 Å². The van der Waals surface area contributed by atoms with Gasteiger partial charge in [0, 0.05) is 12.2 Å². The van der Waals surface area contributed by atoms with Crippen LogP contribution in [0.25, 0.3) is 0 Å². The highest BCUT2D eigenvalue weighted by Gasteiger charge is 2.23. The summed E-state index contributed by atoms with van der Waals surface area (Å²) < 4.78 is 0. The number of hydrogen-bond acceptors (Lipinski definition) is 2. The van der Waals surface area contributed by atoms with Crippen molar-refractivity contribution in [1.82, 2.24) is 10.3 Å². The number of carbonyl (C=O) groups is 1. The predicted octanol–water partition coefficient (Wildman–Crippen LogP) is 2.86. The summed E-state index contributed by atoms with van der Waals surface area (Å²) >= 11 is 0. The molecule has 0 atom stereocenters. The third kappa shape index (κ3) is 2.45. The summed E-state index contributed by atoms with van der Waals surface area (Å²) in [5.41, 5.74) is 6.07. The van der Waals surface area contributed by atoms with Gasteiger partial charge in [0.05, 0.1) is 11.9 Å². The first kappa shape index (κ1) is 13.3. The van der Waals surface area contributed by atoms with E-state index in [1.807, 2.05) is 6.20 Å². The second-order valence-corrected chi connectivity index (χ2v) is 6.15. The molecule has 4 heteroatoms. The van der Waals surface area contributed by atoms with Crippen molar-refractivity contribution < 1.29 is 4.79 Å². The van der Waals surface area contributed by atoms with Gasteiger partial charge >= 0.3 is 6.03 Å². The van der Waals surface area contributed by atoms with Crippen LogP contribution in [0.1, 0.15) is 28.7 Å². The van der Waals surface area contributed by atoms with Gasteiger partial charge in [-0.05, 0) is 54.4 Å². The SMILES string of the molecule is O=C(Nc1cncc2c1CCC2)NC1Cc2ccccc2C1. The van der Waals surface area contributed by atoms with E-state index < -0.39 is 0 Å². The van der Waals surface area contributed by atoms with Crippen LogP contribution in [-0.4, -0.2) is 17.1 Å². The van der Waals surface area contributed by atoms with E-state index in [-0.39, 0.29) is 12.1 Å². The lowest BCUT2D eigenvalue weighted by molar-refractivity contribution is 0.249. The van der Waals surface area contributed by atoms with Crippen molar-refractivity contribution in [2.75, 3.05) is 5.32 Å². The van der Waals surface area contributed by atoms with Gasteiger partial charge in [0.15, 0.2) is 0 Å². The van der Waals surface area contributed by atoms with E-state index in [1.54, 1.807) is 6.20 Å². The quantitative estimate of drug-likeness (QED) is 0.894. The molecule has 0 saturated carbocycles. The third-order valence-corrected chi connectivity index (χ3v) is 4.65. The molecule has 1 aromatic carbocycles. The van der Waals surface area contributed by atoms with E-state index in [9.17, 15) is 4.79 Å². The highest BCUT2D eigenvalue weighted by molar-refractivity contribution is 5.90. The van der Waals surface area contributed by atoms with Gasteiger partial charge in [0.2, 0.25) is 0 Å². The Balaban J connectivity index is 1.41. The number of nitrogens with zero attached hydrogens (tertiary/aromatic N) is 1. The Labute approximate surface area is 130 Å². The number of carbonyl (C=O) groups excluding carboxylic acids is 1. The maximum absolute atomic E-state index is 12.3. The minimum atomic E-state index is -0.125. The minimum absolute atomic E-state index is 0.125. The van der Waals surface area contributed by atoms with Crippen molar-refractivity contribution in [2.24, 2.45) is 0 Å². The Bertz CT molecular complexity index is 701. The first-order valence-electron chi connectivity index (χ1n) is 7.89. The molecule has 1 heterocycles. The van der Waals surface area contributed by atoms with Crippen molar-refractivity contribution in [3.63, 3.8) is 0 Å². The molecule has 0 unspecified atom stereocenters. The van der Waals surface area contributed by atoms with Gasteiger partial charge in [-0.2, -0.15) is 0 Å². The zero-order chi connectivity index (χ0) is 14.9. The number of anilines is 1. The Hall–Kier alpha value is -2.36. The van der Waals surface area contributed by atoms with Crippen LogP contribution in [0.4, 0.5) is 10.5 Å². The molecule has 4 nitrogen and oxygen atoms in total. The molecular formula is C18H19N3O. The van der Waals surface area contributed by atoms with Crippen LogP contribution in [-0.2, 0) is 25.7 Å². The van der Waals surface area contributed by atoms with E-state index in [0.29, 0.717) is 0 Å². The average molecular weight is 293 g/mol. The van der Waals surface area contributed by atoms with Crippen LogP contribution < -0.4 is 10.6 Å². The van der Waals surface area contributed by atoms with Gasteiger partial charge in [-0.15, -0.1) is 0 Å². The number of hydrogen-bond donors (Lipinski definition) is 2. The lowest BCUT2D eigenvalue weighted by Crippen LogP contribution is -2.38. The molecule has 2 aliphatic carbocycles. The van der Waals surface area contributed by atoms with Crippen LogP contribution in [0, 0.1) is 0 Å². The fraction of sp³-hybridized carbons (Fsp3) is 0.333. The molecule has 112 valence electrons. The summed E-state index contributed by atoms with van der Waals surface area (Å²) in [5, 5.41) is 6.07. The van der Waals surface area contributed by atoms with Crippen LogP contribution in [0.3, 0.4) is 0 Å². The number of pyridine rings is 1. The van der Waals surface area contributed by atoms with Crippen LogP contribution >= 0.6 is 0 Å². The highest BCUT2D eigenvalue weighted by Crippen LogP contribution is 2.27. The van der Waals surface area contributed by atoms with Gasteiger partial charge in [0.25, 0.3) is 0 Å². The van der Waals surface area contributed by atoms with Crippen LogP contribution in [0.15, 0.2) is 36.7 Å². The van der Waals surface area contributed by atoms with Gasteiger partial charge < -0.3 is 10.6 Å². The largest absolute Gasteiger partial charge is 0.334 e. The van der Waals surface area contributed by atoms with E-state index in [0.717, 1.165) is 37.8 Å². The Morgan fingerprint density at radius 3 is 2.59 bits per heavy atom. The highest BCUT2D eigenvalue weighted by atomic mass is 16.2. The van der Waals surface area contributed by atoms with E-state index >= 15 is 0 Å². The number of urea groups is 1. The molecule has 0 spiro atoms. The van der Waals surface area contributed by atoms with Crippen LogP contribution in [0.2, 0.25) is 0 Å². The number of fused-ring (bicyclic) bond motifs is 2. The van der Waals surface area contributed by atoms with Gasteiger partial charge in [-0.1, -0.05) is 24.3 Å². The molecule has 2 aliphatic rings. The summed E-state index contributed by atoms with van der Waals surface area (Å²) in [6.07, 6.45) is 8.74. The summed E-state index contributed by atoms with van der Waals surface area (Å²) in [4.78, 5) is 16.5. The number of aromatic nitrogens is 1. The minimum Gasteiger partial charge on any atom is -0.334 e. The maximum Gasteiger partial charge on any atom is 0.319 e. The third-order valence-electron chi connectivity index (χ3n) is 4.65. The average Bonchev–Trinajstić information content (AvgIpc) is 3.12. The Morgan fingerprint density at radius 2 is 1.82 bits per heavy atom. The molecule has 0 bridgehead atoms. The first-order valence-corrected chi connectivity index (χ1v) is 7.89. The smallest absolute Gasteiger partial charge is 0.319 e. The summed E-state index contributed by atoms with van der Waals surface area (Å²) in [7, 11) is 0. The monoisotopic (exact) mass is 293 g/mol. The zero-order valence-corrected chi connectivity index (χ0v) is 12.4. The first-order chi connectivity index (χ1) is 10.8. The summed E-state index contributed by atoms with van der Waals surface area (Å²) in [6, 6.07) is 8.45. The fourth-order valence-electron chi connectivity index (χ4n) is 3.61. The lowest BCUT2D eigenvalue weighted by Gasteiger charge is -2.14. The molecular weight excluding hydrogens is 274 g/mol. The van der Waals surface area contributed by atoms with Gasteiger partial charge in [-0.3, -0.25) is 4.98 Å². The normalized spacial score (nSPS) is 16.2. The summed E-state index contributed by atoms with van der Waals surface area (Å²) in [5.74, 6) is 0. The second kappa shape index (κ2) is 5.44. The van der Waals surface area contributed by atoms with E-state index in [1.165, 1.54) is 22.3 Å². The molecule has 22 heavy (non-hydrogen) atoms. The topological polar surface area (TPSA) is 54.0 Å². The molecule has 1 aromatic heterocycles.